The van der Waals surface area contributed by atoms with Gasteiger partial charge in [0.2, 0.25) is 0 Å². The van der Waals surface area contributed by atoms with Gasteiger partial charge in [-0.2, -0.15) is 0 Å². The molecule has 0 unspecified atom stereocenters. The van der Waals surface area contributed by atoms with E-state index in [-0.39, 0.29) is 0 Å². The van der Waals surface area contributed by atoms with Crippen molar-refractivity contribution in [2.45, 2.75) is 0 Å². The van der Waals surface area contributed by atoms with Crippen LogP contribution in [0.2, 0.25) is 0 Å². The molecule has 0 aliphatic rings. The lowest BCUT2D eigenvalue weighted by Gasteiger charge is -2.08. The molecule has 4 aromatic heterocycles. The lowest BCUT2D eigenvalue weighted by atomic mass is 10.0. The monoisotopic (exact) mass is 385 g/mol. The number of fused-ring (bicyclic) bond motifs is 10. The molecule has 0 N–H and O–H groups in total. The molecule has 30 heavy (non-hydrogen) atoms. The molecule has 7 aromatic rings. The molecule has 4 heteroatoms. The minimum absolute atomic E-state index is 0.867. The largest absolute Gasteiger partial charge is 0.455 e. The van der Waals surface area contributed by atoms with Crippen molar-refractivity contribution in [3.63, 3.8) is 0 Å². The number of hydrogen-bond donors (Lipinski definition) is 0. The lowest BCUT2D eigenvalue weighted by molar-refractivity contribution is 0.672. The first-order valence-corrected chi connectivity index (χ1v) is 9.93. The standard InChI is InChI=1S/C26H15N3O/c1-3-9-20-17(7-1)23-16-12-14-27-15-19(16)26-24(18-8-2-4-10-21(18)30-26)25(23)29(20)22-11-5-6-13-28-22/h1-15H. The number of hydrogen-bond acceptors (Lipinski definition) is 3. The number of aromatic nitrogens is 3. The van der Waals surface area contributed by atoms with E-state index in [0.29, 0.717) is 0 Å². The number of pyridine rings is 2. The van der Waals surface area contributed by atoms with Gasteiger partial charge in [0.25, 0.3) is 0 Å². The van der Waals surface area contributed by atoms with Crippen LogP contribution in [0.25, 0.3) is 60.3 Å². The van der Waals surface area contributed by atoms with Crippen molar-refractivity contribution in [1.82, 2.24) is 14.5 Å². The Balaban J connectivity index is 1.91. The Morgan fingerprint density at radius 1 is 0.667 bits per heavy atom. The highest BCUT2D eigenvalue weighted by atomic mass is 16.3. The Bertz CT molecular complexity index is 1740. The van der Waals surface area contributed by atoms with Gasteiger partial charge < -0.3 is 4.42 Å². The van der Waals surface area contributed by atoms with Crippen molar-refractivity contribution >= 4 is 54.5 Å². The van der Waals surface area contributed by atoms with Gasteiger partial charge in [-0.25, -0.2) is 4.98 Å². The summed E-state index contributed by atoms with van der Waals surface area (Å²) in [5.41, 5.74) is 3.99. The summed E-state index contributed by atoms with van der Waals surface area (Å²) in [5.74, 6) is 0.892. The van der Waals surface area contributed by atoms with Gasteiger partial charge in [-0.1, -0.05) is 42.5 Å². The SMILES string of the molecule is c1ccc(-n2c3ccccc3c3c4ccncc4c4oc5ccccc5c4c32)nc1. The van der Waals surface area contributed by atoms with Crippen molar-refractivity contribution in [3.8, 4) is 5.82 Å². The van der Waals surface area contributed by atoms with Crippen molar-refractivity contribution in [1.29, 1.82) is 0 Å². The third-order valence-corrected chi connectivity index (χ3v) is 5.92. The summed E-state index contributed by atoms with van der Waals surface area (Å²) < 4.78 is 8.65. The minimum atomic E-state index is 0.867. The summed E-state index contributed by atoms with van der Waals surface area (Å²) in [6.45, 7) is 0. The highest BCUT2D eigenvalue weighted by molar-refractivity contribution is 6.35. The summed E-state index contributed by atoms with van der Waals surface area (Å²) in [6.07, 6.45) is 5.60. The number of nitrogens with zero attached hydrogens (tertiary/aromatic N) is 3. The Labute approximate surface area is 171 Å². The molecule has 0 amide bonds. The predicted molar refractivity (Wildman–Crippen MR) is 121 cm³/mol. The molecule has 0 spiro atoms. The zero-order valence-electron chi connectivity index (χ0n) is 15.9. The van der Waals surface area contributed by atoms with Gasteiger partial charge in [-0.05, 0) is 35.7 Å². The molecular formula is C26H15N3O. The van der Waals surface area contributed by atoms with Crippen LogP contribution in [-0.4, -0.2) is 14.5 Å². The van der Waals surface area contributed by atoms with E-state index >= 15 is 0 Å². The molecule has 0 radical (unpaired) electrons. The Morgan fingerprint density at radius 2 is 1.50 bits per heavy atom. The van der Waals surface area contributed by atoms with Gasteiger partial charge >= 0.3 is 0 Å². The topological polar surface area (TPSA) is 43.9 Å². The summed E-state index contributed by atoms with van der Waals surface area (Å²) in [5, 5.41) is 6.76. The van der Waals surface area contributed by atoms with Gasteiger partial charge in [0.05, 0.1) is 16.4 Å². The van der Waals surface area contributed by atoms with E-state index in [4.69, 9.17) is 9.40 Å². The summed E-state index contributed by atoms with van der Waals surface area (Å²) in [4.78, 5) is 9.10. The average molecular weight is 385 g/mol. The van der Waals surface area contributed by atoms with Crippen LogP contribution >= 0.6 is 0 Å². The Hall–Kier alpha value is -4.18. The third-order valence-electron chi connectivity index (χ3n) is 5.92. The second-order valence-corrected chi connectivity index (χ2v) is 7.49. The molecule has 0 atom stereocenters. The zero-order valence-corrected chi connectivity index (χ0v) is 15.9. The number of para-hydroxylation sites is 2. The first kappa shape index (κ1) is 15.7. The van der Waals surface area contributed by atoms with Crippen molar-refractivity contribution in [2.24, 2.45) is 0 Å². The van der Waals surface area contributed by atoms with Crippen LogP contribution in [0.4, 0.5) is 0 Å². The summed E-state index contributed by atoms with van der Waals surface area (Å²) >= 11 is 0. The Morgan fingerprint density at radius 3 is 2.40 bits per heavy atom. The van der Waals surface area contributed by atoms with Gasteiger partial charge in [-0.15, -0.1) is 0 Å². The van der Waals surface area contributed by atoms with E-state index in [1.54, 1.807) is 0 Å². The molecule has 0 aliphatic heterocycles. The quantitative estimate of drug-likeness (QED) is 0.319. The highest BCUT2D eigenvalue weighted by Crippen LogP contribution is 2.45. The molecule has 0 bridgehead atoms. The van der Waals surface area contributed by atoms with Gasteiger partial charge in [0, 0.05) is 40.1 Å². The second-order valence-electron chi connectivity index (χ2n) is 7.49. The van der Waals surface area contributed by atoms with Crippen LogP contribution in [0, 0.1) is 0 Å². The fraction of sp³-hybridized carbons (Fsp3) is 0. The molecule has 7 rings (SSSR count). The fourth-order valence-electron chi connectivity index (χ4n) is 4.74. The number of rotatable bonds is 1. The van der Waals surface area contributed by atoms with E-state index in [1.807, 2.05) is 42.9 Å². The minimum Gasteiger partial charge on any atom is -0.455 e. The first-order valence-electron chi connectivity index (χ1n) is 9.93. The normalized spacial score (nSPS) is 12.0. The third kappa shape index (κ3) is 1.90. The molecule has 4 nitrogen and oxygen atoms in total. The second kappa shape index (κ2) is 5.67. The van der Waals surface area contributed by atoms with Crippen LogP contribution in [0.5, 0.6) is 0 Å². The van der Waals surface area contributed by atoms with Crippen LogP contribution in [0.1, 0.15) is 0 Å². The highest BCUT2D eigenvalue weighted by Gasteiger charge is 2.22. The molecule has 0 fully saturated rings. The van der Waals surface area contributed by atoms with E-state index in [1.165, 1.54) is 10.8 Å². The van der Waals surface area contributed by atoms with Crippen LogP contribution in [0.15, 0.2) is 95.8 Å². The van der Waals surface area contributed by atoms with Crippen molar-refractivity contribution in [2.75, 3.05) is 0 Å². The van der Waals surface area contributed by atoms with Gasteiger partial charge in [-0.3, -0.25) is 9.55 Å². The average Bonchev–Trinajstić information content (AvgIpc) is 3.36. The van der Waals surface area contributed by atoms with Crippen molar-refractivity contribution < 1.29 is 4.42 Å². The Kier molecular flexibility index (Phi) is 2.97. The smallest absolute Gasteiger partial charge is 0.146 e. The van der Waals surface area contributed by atoms with E-state index in [0.717, 1.165) is 49.6 Å². The van der Waals surface area contributed by atoms with Crippen LogP contribution < -0.4 is 0 Å². The van der Waals surface area contributed by atoms with Crippen molar-refractivity contribution in [3.05, 3.63) is 91.4 Å². The van der Waals surface area contributed by atoms with Crippen LogP contribution in [-0.2, 0) is 0 Å². The zero-order chi connectivity index (χ0) is 19.7. The van der Waals surface area contributed by atoms with E-state index in [9.17, 15) is 0 Å². The molecule has 0 saturated heterocycles. The van der Waals surface area contributed by atoms with Crippen LogP contribution in [0.3, 0.4) is 0 Å². The number of benzene rings is 3. The maximum Gasteiger partial charge on any atom is 0.146 e. The molecule has 0 aliphatic carbocycles. The maximum absolute atomic E-state index is 6.39. The summed E-state index contributed by atoms with van der Waals surface area (Å²) in [7, 11) is 0. The van der Waals surface area contributed by atoms with E-state index in [2.05, 4.69) is 58.1 Å². The maximum atomic E-state index is 6.39. The molecule has 4 heterocycles. The number of furan rings is 1. The summed E-state index contributed by atoms with van der Waals surface area (Å²) in [6, 6.07) is 24.8. The fourth-order valence-corrected chi connectivity index (χ4v) is 4.74. The predicted octanol–water partition coefficient (Wildman–Crippen LogP) is 6.63. The van der Waals surface area contributed by atoms with Gasteiger partial charge in [0.15, 0.2) is 0 Å². The lowest BCUT2D eigenvalue weighted by Crippen LogP contribution is -1.96. The first-order chi connectivity index (χ1) is 14.9. The molecular weight excluding hydrogens is 370 g/mol. The van der Waals surface area contributed by atoms with E-state index < -0.39 is 0 Å². The molecule has 140 valence electrons. The molecule has 3 aromatic carbocycles. The van der Waals surface area contributed by atoms with Gasteiger partial charge in [0.1, 0.15) is 17.0 Å². The molecule has 0 saturated carbocycles.